The van der Waals surface area contributed by atoms with E-state index in [2.05, 4.69) is 9.97 Å². The van der Waals surface area contributed by atoms with E-state index in [0.29, 0.717) is 19.0 Å². The van der Waals surface area contributed by atoms with Gasteiger partial charge in [-0.3, -0.25) is 4.79 Å². The van der Waals surface area contributed by atoms with Gasteiger partial charge in [0.15, 0.2) is 5.82 Å². The second-order valence-electron chi connectivity index (χ2n) is 4.67. The molecule has 0 amide bonds. The van der Waals surface area contributed by atoms with Crippen LogP contribution < -0.4 is 21.9 Å². The molecule has 19 heavy (non-hydrogen) atoms. The van der Waals surface area contributed by atoms with Gasteiger partial charge in [-0.1, -0.05) is 0 Å². The highest BCUT2D eigenvalue weighted by molar-refractivity contribution is 5.60. The lowest BCUT2D eigenvalue weighted by Gasteiger charge is -2.33. The summed E-state index contributed by atoms with van der Waals surface area (Å²) in [6, 6.07) is 0. The zero-order valence-electron chi connectivity index (χ0n) is 11.0. The minimum Gasteiger partial charge on any atom is -0.391 e. The van der Waals surface area contributed by atoms with Crippen molar-refractivity contribution < 1.29 is 4.74 Å². The van der Waals surface area contributed by atoms with Gasteiger partial charge in [-0.15, -0.1) is 0 Å². The zero-order valence-corrected chi connectivity index (χ0v) is 11.0. The molecule has 0 aliphatic carbocycles. The van der Waals surface area contributed by atoms with Crippen molar-refractivity contribution in [3.8, 4) is 0 Å². The Hall–Kier alpha value is -1.60. The Bertz CT molecular complexity index is 454. The van der Waals surface area contributed by atoms with E-state index in [1.54, 1.807) is 0 Å². The fourth-order valence-electron chi connectivity index (χ4n) is 2.22. The Labute approximate surface area is 111 Å². The van der Waals surface area contributed by atoms with E-state index in [4.69, 9.17) is 16.2 Å². The normalized spacial score (nSPS) is 16.8. The molecule has 1 aromatic rings. The maximum Gasteiger partial charge on any atom is 0.276 e. The topological polar surface area (TPSA) is 110 Å². The Morgan fingerprint density at radius 1 is 1.47 bits per heavy atom. The Balaban J connectivity index is 1.89. The van der Waals surface area contributed by atoms with E-state index >= 15 is 0 Å². The number of anilines is 2. The van der Waals surface area contributed by atoms with Crippen molar-refractivity contribution in [1.82, 2.24) is 9.97 Å². The second-order valence-corrected chi connectivity index (χ2v) is 4.67. The predicted octanol–water partition coefficient (Wildman–Crippen LogP) is -0.314. The van der Waals surface area contributed by atoms with Crippen LogP contribution in [0, 0.1) is 0 Å². The average Bonchev–Trinajstić information content (AvgIpc) is 2.43. The van der Waals surface area contributed by atoms with Crippen molar-refractivity contribution in [3.05, 3.63) is 16.7 Å². The van der Waals surface area contributed by atoms with Gasteiger partial charge < -0.3 is 26.1 Å². The summed E-state index contributed by atoms with van der Waals surface area (Å²) in [5.74, 6) is 0.573. The quantitative estimate of drug-likeness (QED) is 0.631. The number of nitrogens with one attached hydrogen (secondary N) is 1. The van der Waals surface area contributed by atoms with Gasteiger partial charge in [-0.05, 0) is 25.8 Å². The van der Waals surface area contributed by atoms with E-state index in [9.17, 15) is 4.79 Å². The van der Waals surface area contributed by atoms with Crippen molar-refractivity contribution in [2.75, 3.05) is 36.9 Å². The number of ether oxygens (including phenoxy) is 1. The number of piperidine rings is 1. The van der Waals surface area contributed by atoms with Crippen LogP contribution in [-0.2, 0) is 4.74 Å². The molecule has 7 heteroatoms. The lowest BCUT2D eigenvalue weighted by Crippen LogP contribution is -2.39. The first-order valence-electron chi connectivity index (χ1n) is 6.62. The fourth-order valence-corrected chi connectivity index (χ4v) is 2.22. The number of rotatable bonds is 5. The van der Waals surface area contributed by atoms with Crippen LogP contribution in [0.25, 0.3) is 0 Å². The Morgan fingerprint density at radius 3 is 2.89 bits per heavy atom. The summed E-state index contributed by atoms with van der Waals surface area (Å²) in [6.07, 6.45) is 4.38. The first-order valence-corrected chi connectivity index (χ1v) is 6.62. The predicted molar refractivity (Wildman–Crippen MR) is 74.1 cm³/mol. The van der Waals surface area contributed by atoms with E-state index in [-0.39, 0.29) is 17.4 Å². The number of aromatic nitrogens is 2. The summed E-state index contributed by atoms with van der Waals surface area (Å²) >= 11 is 0. The third kappa shape index (κ3) is 3.45. The number of hydrogen-bond donors (Lipinski definition) is 3. The highest BCUT2D eigenvalue weighted by Crippen LogP contribution is 2.21. The lowest BCUT2D eigenvalue weighted by atomic mass is 10.1. The number of aromatic amines is 1. The number of nitrogen functional groups attached to an aromatic ring is 1. The van der Waals surface area contributed by atoms with Crippen LogP contribution in [0.5, 0.6) is 0 Å². The van der Waals surface area contributed by atoms with Crippen LogP contribution >= 0.6 is 0 Å². The molecule has 0 radical (unpaired) electrons. The molecule has 0 saturated carbocycles. The number of hydrogen-bond acceptors (Lipinski definition) is 6. The van der Waals surface area contributed by atoms with Gasteiger partial charge in [-0.25, -0.2) is 4.98 Å². The minimum atomic E-state index is -0.286. The lowest BCUT2D eigenvalue weighted by molar-refractivity contribution is 0.0366. The smallest absolute Gasteiger partial charge is 0.276 e. The number of nitrogens with two attached hydrogens (primary N) is 2. The number of H-pyrrole nitrogens is 1. The molecule has 1 aromatic heterocycles. The summed E-state index contributed by atoms with van der Waals surface area (Å²) in [6.45, 7) is 2.97. The van der Waals surface area contributed by atoms with Crippen molar-refractivity contribution in [3.63, 3.8) is 0 Å². The van der Waals surface area contributed by atoms with Crippen LogP contribution in [0.3, 0.4) is 0 Å². The molecular weight excluding hydrogens is 246 g/mol. The van der Waals surface area contributed by atoms with E-state index < -0.39 is 0 Å². The van der Waals surface area contributed by atoms with Crippen LogP contribution in [0.15, 0.2) is 11.1 Å². The molecule has 7 nitrogen and oxygen atoms in total. The molecule has 106 valence electrons. The van der Waals surface area contributed by atoms with Gasteiger partial charge in [0.2, 0.25) is 0 Å². The van der Waals surface area contributed by atoms with Crippen molar-refractivity contribution in [1.29, 1.82) is 0 Å². The summed E-state index contributed by atoms with van der Waals surface area (Å²) in [5.41, 5.74) is 11.1. The van der Waals surface area contributed by atoms with Gasteiger partial charge in [-0.2, -0.15) is 0 Å². The first kappa shape index (κ1) is 13.8. The average molecular weight is 267 g/mol. The molecule has 0 bridgehead atoms. The fraction of sp³-hybridized carbons (Fsp3) is 0.667. The molecule has 0 aromatic carbocycles. The molecule has 1 fully saturated rings. The largest absolute Gasteiger partial charge is 0.391 e. The highest BCUT2D eigenvalue weighted by Gasteiger charge is 2.22. The standard InChI is InChI=1S/C12H21N5O2/c13-4-1-7-19-9-2-5-17(6-3-9)11-10(14)12(18)16-8-15-11/h8-9H,1-7,13-14H2,(H,15,16,18). The van der Waals surface area contributed by atoms with Gasteiger partial charge >= 0.3 is 0 Å². The number of nitrogens with zero attached hydrogens (tertiary/aromatic N) is 2. The third-order valence-electron chi connectivity index (χ3n) is 3.31. The van der Waals surface area contributed by atoms with Crippen LogP contribution in [-0.4, -0.2) is 42.3 Å². The molecular formula is C12H21N5O2. The molecule has 1 aliphatic heterocycles. The van der Waals surface area contributed by atoms with Crippen molar-refractivity contribution in [2.45, 2.75) is 25.4 Å². The second kappa shape index (κ2) is 6.53. The van der Waals surface area contributed by atoms with E-state index in [0.717, 1.165) is 32.4 Å². The van der Waals surface area contributed by atoms with Gasteiger partial charge in [0.1, 0.15) is 5.69 Å². The summed E-state index contributed by atoms with van der Waals surface area (Å²) in [5, 5.41) is 0. The Morgan fingerprint density at radius 2 is 2.21 bits per heavy atom. The molecule has 0 unspecified atom stereocenters. The molecule has 0 spiro atoms. The summed E-state index contributed by atoms with van der Waals surface area (Å²) < 4.78 is 5.74. The van der Waals surface area contributed by atoms with Gasteiger partial charge in [0, 0.05) is 19.7 Å². The van der Waals surface area contributed by atoms with Crippen LogP contribution in [0.1, 0.15) is 19.3 Å². The summed E-state index contributed by atoms with van der Waals surface area (Å²) in [4.78, 5) is 20.1. The molecule has 2 rings (SSSR count). The van der Waals surface area contributed by atoms with Crippen molar-refractivity contribution in [2.24, 2.45) is 5.73 Å². The highest BCUT2D eigenvalue weighted by atomic mass is 16.5. The van der Waals surface area contributed by atoms with Crippen LogP contribution in [0.2, 0.25) is 0 Å². The zero-order chi connectivity index (χ0) is 13.7. The maximum atomic E-state index is 11.4. The molecule has 5 N–H and O–H groups in total. The Kier molecular flexibility index (Phi) is 4.75. The van der Waals surface area contributed by atoms with E-state index in [1.165, 1.54) is 6.33 Å². The molecule has 1 saturated heterocycles. The van der Waals surface area contributed by atoms with Crippen molar-refractivity contribution >= 4 is 11.5 Å². The SMILES string of the molecule is NCCCOC1CCN(c2nc[nH]c(=O)c2N)CC1. The monoisotopic (exact) mass is 267 g/mol. The van der Waals surface area contributed by atoms with Gasteiger partial charge in [0.05, 0.1) is 12.4 Å². The van der Waals surface area contributed by atoms with E-state index in [1.807, 2.05) is 4.90 Å². The molecule has 0 atom stereocenters. The third-order valence-corrected chi connectivity index (χ3v) is 3.31. The van der Waals surface area contributed by atoms with Crippen LogP contribution in [0.4, 0.5) is 11.5 Å². The molecule has 2 heterocycles. The minimum absolute atomic E-state index is 0.185. The summed E-state index contributed by atoms with van der Waals surface area (Å²) in [7, 11) is 0. The maximum absolute atomic E-state index is 11.4. The molecule has 1 aliphatic rings. The van der Waals surface area contributed by atoms with Gasteiger partial charge in [0.25, 0.3) is 5.56 Å². The first-order chi connectivity index (χ1) is 9.22.